The number of anilines is 1. The number of carbonyl (C=O) groups excluding carboxylic acids is 2. The van der Waals surface area contributed by atoms with Crippen molar-refractivity contribution in [3.63, 3.8) is 0 Å². The molecule has 1 aliphatic heterocycles. The van der Waals surface area contributed by atoms with Gasteiger partial charge in [-0.05, 0) is 62.1 Å². The topological polar surface area (TPSA) is 58.6 Å². The lowest BCUT2D eigenvalue weighted by molar-refractivity contribution is -0.136. The molecule has 2 aromatic rings. The first kappa shape index (κ1) is 19.0. The number of para-hydroxylation sites is 1. The zero-order valence-corrected chi connectivity index (χ0v) is 15.9. The van der Waals surface area contributed by atoms with E-state index in [1.54, 1.807) is 4.90 Å². The fraction of sp³-hybridized carbons (Fsp3) is 0.364. The summed E-state index contributed by atoms with van der Waals surface area (Å²) in [6.45, 7) is 5.29. The van der Waals surface area contributed by atoms with Gasteiger partial charge in [0.15, 0.2) is 6.61 Å². The van der Waals surface area contributed by atoms with E-state index in [4.69, 9.17) is 4.74 Å². The van der Waals surface area contributed by atoms with Crippen molar-refractivity contribution in [2.45, 2.75) is 26.7 Å². The fourth-order valence-electron chi connectivity index (χ4n) is 3.21. The number of benzene rings is 2. The van der Waals surface area contributed by atoms with Crippen LogP contribution in [-0.4, -0.2) is 36.4 Å². The molecule has 1 N–H and O–H groups in total. The van der Waals surface area contributed by atoms with E-state index in [1.165, 1.54) is 5.56 Å². The molecule has 0 saturated carbocycles. The molecule has 0 radical (unpaired) electrons. The van der Waals surface area contributed by atoms with Gasteiger partial charge in [0, 0.05) is 24.7 Å². The standard InChI is InChI=1S/C22H26N2O3/c1-16-8-9-19(14-17(16)2)23-22(26)18-10-12-24(13-11-18)21(25)15-27-20-6-4-3-5-7-20/h3-9,14,18H,10-13,15H2,1-2H3,(H,23,26). The zero-order valence-electron chi connectivity index (χ0n) is 15.9. The van der Waals surface area contributed by atoms with Gasteiger partial charge in [0.1, 0.15) is 5.75 Å². The van der Waals surface area contributed by atoms with Crippen LogP contribution in [0.4, 0.5) is 5.69 Å². The van der Waals surface area contributed by atoms with E-state index in [0.29, 0.717) is 31.7 Å². The van der Waals surface area contributed by atoms with E-state index < -0.39 is 0 Å². The van der Waals surface area contributed by atoms with Crippen LogP contribution in [-0.2, 0) is 9.59 Å². The molecule has 0 bridgehead atoms. The Balaban J connectivity index is 1.45. The zero-order chi connectivity index (χ0) is 19.2. The molecule has 5 nitrogen and oxygen atoms in total. The second kappa shape index (κ2) is 8.71. The minimum absolute atomic E-state index is 0.0313. The maximum absolute atomic E-state index is 12.5. The number of amides is 2. The van der Waals surface area contributed by atoms with Gasteiger partial charge in [0.2, 0.25) is 5.91 Å². The van der Waals surface area contributed by atoms with Gasteiger partial charge in [-0.1, -0.05) is 24.3 Å². The summed E-state index contributed by atoms with van der Waals surface area (Å²) in [6, 6.07) is 15.3. The third-order valence-electron chi connectivity index (χ3n) is 5.10. The summed E-state index contributed by atoms with van der Waals surface area (Å²) in [4.78, 5) is 26.6. The number of aryl methyl sites for hydroxylation is 2. The molecule has 2 aromatic carbocycles. The van der Waals surface area contributed by atoms with Crippen molar-refractivity contribution >= 4 is 17.5 Å². The highest BCUT2D eigenvalue weighted by molar-refractivity contribution is 5.93. The van der Waals surface area contributed by atoms with Gasteiger partial charge in [-0.25, -0.2) is 0 Å². The summed E-state index contributed by atoms with van der Waals surface area (Å²) < 4.78 is 5.52. The predicted octanol–water partition coefficient (Wildman–Crippen LogP) is 3.56. The Labute approximate surface area is 160 Å². The quantitative estimate of drug-likeness (QED) is 0.880. The SMILES string of the molecule is Cc1ccc(NC(=O)C2CCN(C(=O)COc3ccccc3)CC2)cc1C. The van der Waals surface area contributed by atoms with E-state index in [9.17, 15) is 9.59 Å². The number of rotatable bonds is 5. The Morgan fingerprint density at radius 1 is 1.04 bits per heavy atom. The third-order valence-corrected chi connectivity index (χ3v) is 5.10. The van der Waals surface area contributed by atoms with Crippen molar-refractivity contribution in [2.75, 3.05) is 25.0 Å². The van der Waals surface area contributed by atoms with Crippen LogP contribution in [0.25, 0.3) is 0 Å². The first-order valence-corrected chi connectivity index (χ1v) is 9.36. The molecule has 27 heavy (non-hydrogen) atoms. The molecule has 1 fully saturated rings. The van der Waals surface area contributed by atoms with Gasteiger partial charge >= 0.3 is 0 Å². The molecule has 1 heterocycles. The number of nitrogens with zero attached hydrogens (tertiary/aromatic N) is 1. The maximum atomic E-state index is 12.5. The Morgan fingerprint density at radius 2 is 1.74 bits per heavy atom. The van der Waals surface area contributed by atoms with E-state index in [1.807, 2.05) is 55.5 Å². The number of carbonyl (C=O) groups is 2. The Kier molecular flexibility index (Phi) is 6.12. The molecular formula is C22H26N2O3. The summed E-state index contributed by atoms with van der Waals surface area (Å²) in [6.07, 6.45) is 1.35. The van der Waals surface area contributed by atoms with Crippen molar-refractivity contribution in [1.29, 1.82) is 0 Å². The van der Waals surface area contributed by atoms with Gasteiger partial charge in [0.05, 0.1) is 0 Å². The second-order valence-corrected chi connectivity index (χ2v) is 7.05. The summed E-state index contributed by atoms with van der Waals surface area (Å²) in [5, 5.41) is 3.00. The van der Waals surface area contributed by atoms with E-state index in [2.05, 4.69) is 12.2 Å². The normalized spacial score (nSPS) is 14.7. The van der Waals surface area contributed by atoms with Crippen molar-refractivity contribution in [1.82, 2.24) is 4.90 Å². The van der Waals surface area contributed by atoms with Crippen LogP contribution in [0.15, 0.2) is 48.5 Å². The van der Waals surface area contributed by atoms with Gasteiger partial charge in [-0.3, -0.25) is 9.59 Å². The third kappa shape index (κ3) is 5.09. The Bertz CT molecular complexity index is 796. The molecule has 0 atom stereocenters. The monoisotopic (exact) mass is 366 g/mol. The molecule has 3 rings (SSSR count). The molecule has 0 spiro atoms. The number of hydrogen-bond donors (Lipinski definition) is 1. The molecule has 0 aromatic heterocycles. The number of hydrogen-bond acceptors (Lipinski definition) is 3. The van der Waals surface area contributed by atoms with E-state index in [0.717, 1.165) is 11.3 Å². The lowest BCUT2D eigenvalue weighted by Crippen LogP contribution is -2.43. The number of piperidine rings is 1. The first-order chi connectivity index (χ1) is 13.0. The predicted molar refractivity (Wildman–Crippen MR) is 106 cm³/mol. The number of nitrogens with one attached hydrogen (secondary N) is 1. The minimum Gasteiger partial charge on any atom is -0.484 e. The van der Waals surface area contributed by atoms with Crippen molar-refractivity contribution in [3.05, 3.63) is 59.7 Å². The smallest absolute Gasteiger partial charge is 0.260 e. The summed E-state index contributed by atoms with van der Waals surface area (Å²) >= 11 is 0. The van der Waals surface area contributed by atoms with Gasteiger partial charge in [0.25, 0.3) is 5.91 Å². The number of ether oxygens (including phenoxy) is 1. The summed E-state index contributed by atoms with van der Waals surface area (Å²) in [7, 11) is 0. The molecule has 5 heteroatoms. The Morgan fingerprint density at radius 3 is 2.41 bits per heavy atom. The van der Waals surface area contributed by atoms with Crippen LogP contribution < -0.4 is 10.1 Å². The fourth-order valence-corrected chi connectivity index (χ4v) is 3.21. The maximum Gasteiger partial charge on any atom is 0.260 e. The van der Waals surface area contributed by atoms with Crippen LogP contribution in [0.2, 0.25) is 0 Å². The van der Waals surface area contributed by atoms with E-state index in [-0.39, 0.29) is 24.3 Å². The van der Waals surface area contributed by atoms with Gasteiger partial charge < -0.3 is 15.0 Å². The van der Waals surface area contributed by atoms with Crippen LogP contribution in [0.3, 0.4) is 0 Å². The molecule has 1 saturated heterocycles. The summed E-state index contributed by atoms with van der Waals surface area (Å²) in [5.41, 5.74) is 3.20. The van der Waals surface area contributed by atoms with Gasteiger partial charge in [-0.2, -0.15) is 0 Å². The molecule has 0 aliphatic carbocycles. The highest BCUT2D eigenvalue weighted by Gasteiger charge is 2.27. The second-order valence-electron chi connectivity index (χ2n) is 7.05. The average Bonchev–Trinajstić information content (AvgIpc) is 2.70. The van der Waals surface area contributed by atoms with Crippen LogP contribution in [0.5, 0.6) is 5.75 Å². The lowest BCUT2D eigenvalue weighted by Gasteiger charge is -2.31. The first-order valence-electron chi connectivity index (χ1n) is 9.36. The summed E-state index contributed by atoms with van der Waals surface area (Å²) in [5.74, 6) is 0.622. The lowest BCUT2D eigenvalue weighted by atomic mass is 9.95. The van der Waals surface area contributed by atoms with Crippen LogP contribution in [0, 0.1) is 19.8 Å². The Hall–Kier alpha value is -2.82. The van der Waals surface area contributed by atoms with E-state index >= 15 is 0 Å². The highest BCUT2D eigenvalue weighted by Crippen LogP contribution is 2.21. The molecule has 142 valence electrons. The van der Waals surface area contributed by atoms with Crippen LogP contribution >= 0.6 is 0 Å². The van der Waals surface area contributed by atoms with Gasteiger partial charge in [-0.15, -0.1) is 0 Å². The van der Waals surface area contributed by atoms with Crippen molar-refractivity contribution in [3.8, 4) is 5.75 Å². The average molecular weight is 366 g/mol. The molecule has 0 unspecified atom stereocenters. The molecule has 2 amide bonds. The highest BCUT2D eigenvalue weighted by atomic mass is 16.5. The molecule has 1 aliphatic rings. The van der Waals surface area contributed by atoms with Crippen molar-refractivity contribution < 1.29 is 14.3 Å². The number of likely N-dealkylation sites (tertiary alicyclic amines) is 1. The largest absolute Gasteiger partial charge is 0.484 e. The van der Waals surface area contributed by atoms with Crippen molar-refractivity contribution in [2.24, 2.45) is 5.92 Å². The van der Waals surface area contributed by atoms with Crippen LogP contribution in [0.1, 0.15) is 24.0 Å². The minimum atomic E-state index is -0.0642. The molecular weight excluding hydrogens is 340 g/mol.